The number of carbonyl (C=O) groups excluding carboxylic acids is 3. The molecule has 0 fully saturated rings. The van der Waals surface area contributed by atoms with Crippen LogP contribution in [0.4, 0.5) is 13.2 Å². The van der Waals surface area contributed by atoms with Crippen molar-refractivity contribution in [2.75, 3.05) is 13.1 Å². The van der Waals surface area contributed by atoms with Gasteiger partial charge in [-0.15, -0.1) is 0 Å². The number of hydrogen-bond donors (Lipinski definition) is 2. The van der Waals surface area contributed by atoms with E-state index in [0.29, 0.717) is 0 Å². The van der Waals surface area contributed by atoms with Crippen LogP contribution in [-0.4, -0.2) is 41.9 Å². The van der Waals surface area contributed by atoms with Crippen molar-refractivity contribution >= 4 is 17.7 Å². The van der Waals surface area contributed by atoms with Crippen LogP contribution in [0.25, 0.3) is 0 Å². The first-order valence-electron chi connectivity index (χ1n) is 6.17. The van der Waals surface area contributed by atoms with Gasteiger partial charge in [0.05, 0.1) is 6.54 Å². The van der Waals surface area contributed by atoms with Crippen molar-refractivity contribution in [3.05, 3.63) is 35.9 Å². The molecule has 0 bridgehead atoms. The summed E-state index contributed by atoms with van der Waals surface area (Å²) in [6, 6.07) is 6.96. The average Bonchev–Trinajstić information content (AvgIpc) is 2.47. The van der Waals surface area contributed by atoms with Crippen LogP contribution in [0, 0.1) is 5.92 Å². The van der Waals surface area contributed by atoms with Gasteiger partial charge in [-0.3, -0.25) is 14.4 Å². The lowest BCUT2D eigenvalue weighted by atomic mass is 10.1. The third kappa shape index (κ3) is 3.89. The highest BCUT2D eigenvalue weighted by atomic mass is 19.4. The van der Waals surface area contributed by atoms with Gasteiger partial charge in [-0.2, -0.15) is 13.2 Å². The fourth-order valence-electron chi connectivity index (χ4n) is 1.67. The Hall–Kier alpha value is -2.26. The van der Waals surface area contributed by atoms with Crippen molar-refractivity contribution in [1.29, 1.82) is 0 Å². The summed E-state index contributed by atoms with van der Waals surface area (Å²) in [5.41, 5.74) is 9.91. The Kier molecular flexibility index (Phi) is 5.77. The number of carbonyl (C=O) groups is 3. The molecule has 1 aromatic carbocycles. The average molecular weight is 317 g/mol. The van der Waals surface area contributed by atoms with Crippen LogP contribution in [0.3, 0.4) is 0 Å². The van der Waals surface area contributed by atoms with E-state index in [9.17, 15) is 27.6 Å². The summed E-state index contributed by atoms with van der Waals surface area (Å²) in [6.45, 7) is -1.88. The molecule has 0 spiro atoms. The standard InChI is InChI=1S/C13H14F3N3O3/c14-13(15,16)9(6-17)12(22)19(10(20)7-18)11(21)8-4-2-1-3-5-8/h1-5,9H,6-7,17-18H2. The fraction of sp³-hybridized carbons (Fsp3) is 0.308. The van der Waals surface area contributed by atoms with Gasteiger partial charge in [0.1, 0.15) is 5.92 Å². The van der Waals surface area contributed by atoms with Gasteiger partial charge < -0.3 is 11.5 Å². The second kappa shape index (κ2) is 7.14. The molecule has 1 aromatic rings. The number of imide groups is 3. The predicted molar refractivity (Wildman–Crippen MR) is 70.3 cm³/mol. The Morgan fingerprint density at radius 2 is 1.64 bits per heavy atom. The number of nitrogens with two attached hydrogens (primary N) is 2. The van der Waals surface area contributed by atoms with Crippen LogP contribution in [0.2, 0.25) is 0 Å². The first-order valence-corrected chi connectivity index (χ1v) is 6.17. The topological polar surface area (TPSA) is 106 Å². The highest BCUT2D eigenvalue weighted by Gasteiger charge is 2.48. The number of rotatable bonds is 4. The lowest BCUT2D eigenvalue weighted by Gasteiger charge is -2.24. The first kappa shape index (κ1) is 17.8. The summed E-state index contributed by atoms with van der Waals surface area (Å²) >= 11 is 0. The predicted octanol–water partition coefficient (Wildman–Crippen LogP) is 0.278. The highest BCUT2D eigenvalue weighted by Crippen LogP contribution is 2.27. The van der Waals surface area contributed by atoms with Crippen LogP contribution in [0.15, 0.2) is 30.3 Å². The molecule has 0 aliphatic carbocycles. The van der Waals surface area contributed by atoms with E-state index in [1.807, 2.05) is 0 Å². The van der Waals surface area contributed by atoms with Crippen LogP contribution in [0.5, 0.6) is 0 Å². The Morgan fingerprint density at radius 3 is 2.05 bits per heavy atom. The number of nitrogens with zero attached hydrogens (tertiary/aromatic N) is 1. The fourth-order valence-corrected chi connectivity index (χ4v) is 1.67. The van der Waals surface area contributed by atoms with Gasteiger partial charge in [-0.05, 0) is 12.1 Å². The van der Waals surface area contributed by atoms with Crippen molar-refractivity contribution < 1.29 is 27.6 Å². The molecule has 0 saturated carbocycles. The molecule has 0 aliphatic heterocycles. The number of benzene rings is 1. The van der Waals surface area contributed by atoms with Crippen LogP contribution in [0.1, 0.15) is 10.4 Å². The molecule has 120 valence electrons. The van der Waals surface area contributed by atoms with Crippen molar-refractivity contribution in [3.8, 4) is 0 Å². The Balaban J connectivity index is 3.21. The molecule has 0 aromatic heterocycles. The molecule has 1 unspecified atom stereocenters. The van der Waals surface area contributed by atoms with Gasteiger partial charge in [0, 0.05) is 12.1 Å². The molecule has 3 amide bonds. The van der Waals surface area contributed by atoms with Gasteiger partial charge >= 0.3 is 6.18 Å². The van der Waals surface area contributed by atoms with E-state index in [-0.39, 0.29) is 10.5 Å². The minimum Gasteiger partial charge on any atom is -0.329 e. The van der Waals surface area contributed by atoms with Crippen molar-refractivity contribution in [2.24, 2.45) is 17.4 Å². The van der Waals surface area contributed by atoms with E-state index in [2.05, 4.69) is 0 Å². The van der Waals surface area contributed by atoms with E-state index >= 15 is 0 Å². The van der Waals surface area contributed by atoms with E-state index in [1.165, 1.54) is 24.3 Å². The minimum absolute atomic E-state index is 0.0969. The molecule has 0 heterocycles. The maximum absolute atomic E-state index is 12.8. The van der Waals surface area contributed by atoms with Crippen LogP contribution < -0.4 is 11.5 Å². The molecule has 0 radical (unpaired) electrons. The minimum atomic E-state index is -4.98. The highest BCUT2D eigenvalue weighted by molar-refractivity contribution is 6.17. The summed E-state index contributed by atoms with van der Waals surface area (Å²) in [5, 5.41) is 0. The monoisotopic (exact) mass is 317 g/mol. The smallest absolute Gasteiger partial charge is 0.329 e. The number of hydrogen-bond acceptors (Lipinski definition) is 5. The van der Waals surface area contributed by atoms with E-state index in [4.69, 9.17) is 11.5 Å². The zero-order valence-corrected chi connectivity index (χ0v) is 11.3. The van der Waals surface area contributed by atoms with E-state index in [1.54, 1.807) is 6.07 Å². The summed E-state index contributed by atoms with van der Waals surface area (Å²) in [5.74, 6) is -6.81. The largest absolute Gasteiger partial charge is 0.401 e. The third-order valence-corrected chi connectivity index (χ3v) is 2.80. The van der Waals surface area contributed by atoms with Gasteiger partial charge in [-0.25, -0.2) is 4.90 Å². The van der Waals surface area contributed by atoms with Gasteiger partial charge in [-0.1, -0.05) is 18.2 Å². The molecule has 1 rings (SSSR count). The molecular formula is C13H14F3N3O3. The number of amides is 3. The lowest BCUT2D eigenvalue weighted by Crippen LogP contribution is -2.52. The molecule has 1 atom stereocenters. The SMILES string of the molecule is NCC(=O)N(C(=O)c1ccccc1)C(=O)C(CN)C(F)(F)F. The Bertz CT molecular complexity index is 561. The molecule has 22 heavy (non-hydrogen) atoms. The summed E-state index contributed by atoms with van der Waals surface area (Å²) < 4.78 is 38.3. The Labute approximate surface area is 123 Å². The van der Waals surface area contributed by atoms with Crippen LogP contribution >= 0.6 is 0 Å². The first-order chi connectivity index (χ1) is 10.2. The van der Waals surface area contributed by atoms with Gasteiger partial charge in [0.15, 0.2) is 0 Å². The van der Waals surface area contributed by atoms with Gasteiger partial charge in [0.25, 0.3) is 5.91 Å². The second-order valence-electron chi connectivity index (χ2n) is 4.27. The molecule has 4 N–H and O–H groups in total. The molecule has 0 saturated heterocycles. The molecule has 6 nitrogen and oxygen atoms in total. The zero-order chi connectivity index (χ0) is 16.9. The molecule has 0 aliphatic rings. The quantitative estimate of drug-likeness (QED) is 0.829. The van der Waals surface area contributed by atoms with Crippen LogP contribution in [-0.2, 0) is 9.59 Å². The maximum atomic E-state index is 12.8. The van der Waals surface area contributed by atoms with Crippen molar-refractivity contribution in [1.82, 2.24) is 4.90 Å². The Morgan fingerprint density at radius 1 is 1.09 bits per heavy atom. The van der Waals surface area contributed by atoms with E-state index < -0.39 is 42.9 Å². The molecular weight excluding hydrogens is 303 g/mol. The summed E-state index contributed by atoms with van der Waals surface area (Å²) in [6.07, 6.45) is -4.98. The van der Waals surface area contributed by atoms with Crippen molar-refractivity contribution in [3.63, 3.8) is 0 Å². The zero-order valence-electron chi connectivity index (χ0n) is 11.3. The number of halogens is 3. The van der Waals surface area contributed by atoms with E-state index in [0.717, 1.165) is 0 Å². The molecule has 9 heteroatoms. The maximum Gasteiger partial charge on any atom is 0.401 e. The van der Waals surface area contributed by atoms with Crippen molar-refractivity contribution in [2.45, 2.75) is 6.18 Å². The summed E-state index contributed by atoms with van der Waals surface area (Å²) in [4.78, 5) is 35.7. The summed E-state index contributed by atoms with van der Waals surface area (Å²) in [7, 11) is 0. The van der Waals surface area contributed by atoms with Gasteiger partial charge in [0.2, 0.25) is 11.8 Å². The number of alkyl halides is 3. The second-order valence-corrected chi connectivity index (χ2v) is 4.27. The third-order valence-electron chi connectivity index (χ3n) is 2.80. The lowest BCUT2D eigenvalue weighted by molar-refractivity contribution is -0.185. The normalized spacial score (nSPS) is 12.6.